The quantitative estimate of drug-likeness (QED) is 0.215. The van der Waals surface area contributed by atoms with Gasteiger partial charge in [0, 0.05) is 15.4 Å². The third kappa shape index (κ3) is 3.22. The lowest BCUT2D eigenvalue weighted by Gasteiger charge is -2.22. The van der Waals surface area contributed by atoms with Gasteiger partial charge in [0.1, 0.15) is 0 Å². The summed E-state index contributed by atoms with van der Waals surface area (Å²) in [6.45, 7) is 4.18. The van der Waals surface area contributed by atoms with E-state index in [1.54, 1.807) is 0 Å². The highest BCUT2D eigenvalue weighted by atomic mass is 127. The van der Waals surface area contributed by atoms with Crippen molar-refractivity contribution in [3.63, 3.8) is 0 Å². The monoisotopic (exact) mass is 557 g/mol. The van der Waals surface area contributed by atoms with Gasteiger partial charge in [-0.25, -0.2) is 4.90 Å². The molecular formula is C30H24INO2. The molecule has 0 aromatic heterocycles. The minimum Gasteiger partial charge on any atom is -0.274 e. The van der Waals surface area contributed by atoms with E-state index in [4.69, 9.17) is 0 Å². The van der Waals surface area contributed by atoms with Crippen molar-refractivity contribution < 1.29 is 9.59 Å². The molecule has 2 amide bonds. The van der Waals surface area contributed by atoms with Gasteiger partial charge >= 0.3 is 0 Å². The van der Waals surface area contributed by atoms with Crippen molar-refractivity contribution in [3.8, 4) is 0 Å². The van der Waals surface area contributed by atoms with E-state index in [0.717, 1.165) is 20.3 Å². The van der Waals surface area contributed by atoms with Crippen LogP contribution in [-0.2, 0) is 9.59 Å². The van der Waals surface area contributed by atoms with Crippen molar-refractivity contribution >= 4 is 45.7 Å². The van der Waals surface area contributed by atoms with E-state index in [9.17, 15) is 9.59 Å². The topological polar surface area (TPSA) is 37.4 Å². The maximum Gasteiger partial charge on any atom is 0.238 e. The van der Waals surface area contributed by atoms with Crippen LogP contribution in [0.3, 0.4) is 0 Å². The van der Waals surface area contributed by atoms with Gasteiger partial charge in [-0.2, -0.15) is 0 Å². The number of benzene rings is 3. The lowest BCUT2D eigenvalue weighted by Crippen LogP contribution is -2.33. The molecule has 6 rings (SSSR count). The fourth-order valence-corrected chi connectivity index (χ4v) is 6.24. The van der Waals surface area contributed by atoms with Crippen LogP contribution in [0.15, 0.2) is 90.5 Å². The number of halogens is 1. The Morgan fingerprint density at radius 1 is 0.676 bits per heavy atom. The average Bonchev–Trinajstić information content (AvgIpc) is 3.47. The van der Waals surface area contributed by atoms with Crippen molar-refractivity contribution in [3.05, 3.63) is 116 Å². The van der Waals surface area contributed by atoms with Gasteiger partial charge in [0.25, 0.3) is 0 Å². The first-order chi connectivity index (χ1) is 16.4. The summed E-state index contributed by atoms with van der Waals surface area (Å²) in [5.74, 6) is -0.920. The number of anilines is 1. The minimum atomic E-state index is -0.331. The summed E-state index contributed by atoms with van der Waals surface area (Å²) in [5.41, 5.74) is 7.74. The zero-order valence-electron chi connectivity index (χ0n) is 19.0. The summed E-state index contributed by atoms with van der Waals surface area (Å²) in [5, 5.41) is 0. The lowest BCUT2D eigenvalue weighted by atomic mass is 9.85. The lowest BCUT2D eigenvalue weighted by molar-refractivity contribution is -0.122. The Balaban J connectivity index is 1.48. The number of amides is 2. The van der Waals surface area contributed by atoms with Crippen LogP contribution in [0.1, 0.15) is 22.3 Å². The highest BCUT2D eigenvalue weighted by Crippen LogP contribution is 2.58. The van der Waals surface area contributed by atoms with Crippen molar-refractivity contribution in [2.24, 2.45) is 23.7 Å². The maximum atomic E-state index is 13.6. The van der Waals surface area contributed by atoms with Gasteiger partial charge in [-0.1, -0.05) is 71.8 Å². The zero-order valence-corrected chi connectivity index (χ0v) is 21.2. The van der Waals surface area contributed by atoms with E-state index in [1.807, 2.05) is 24.3 Å². The molecular weight excluding hydrogens is 533 g/mol. The SMILES string of the molecule is Cc1ccc(C(=C2[C@H]3C=C[C@H]2[C@H]2C(=O)N(c4ccc(I)cc4)C(=O)[C@H]23)c2ccc(C)cc2)cc1. The number of imide groups is 1. The number of carbonyl (C=O) groups excluding carboxylic acids is 2. The molecule has 3 nitrogen and oxygen atoms in total. The van der Waals surface area contributed by atoms with Crippen LogP contribution < -0.4 is 4.90 Å². The molecule has 0 N–H and O–H groups in total. The molecule has 3 aromatic rings. The molecule has 2 fully saturated rings. The van der Waals surface area contributed by atoms with Crippen LogP contribution in [0.5, 0.6) is 0 Å². The van der Waals surface area contributed by atoms with E-state index in [0.29, 0.717) is 5.69 Å². The largest absolute Gasteiger partial charge is 0.274 e. The van der Waals surface area contributed by atoms with Crippen LogP contribution in [-0.4, -0.2) is 11.8 Å². The molecule has 1 saturated carbocycles. The first kappa shape index (κ1) is 21.5. The molecule has 2 bridgehead atoms. The predicted octanol–water partition coefficient (Wildman–Crippen LogP) is 6.33. The van der Waals surface area contributed by atoms with Crippen molar-refractivity contribution in [2.45, 2.75) is 13.8 Å². The molecule has 34 heavy (non-hydrogen) atoms. The van der Waals surface area contributed by atoms with E-state index in [-0.39, 0.29) is 35.5 Å². The third-order valence-electron chi connectivity index (χ3n) is 7.47. The highest BCUT2D eigenvalue weighted by molar-refractivity contribution is 14.1. The average molecular weight is 557 g/mol. The van der Waals surface area contributed by atoms with Gasteiger partial charge in [-0.3, -0.25) is 9.59 Å². The number of allylic oxidation sites excluding steroid dienone is 3. The summed E-state index contributed by atoms with van der Waals surface area (Å²) >= 11 is 2.23. The Hall–Kier alpha value is -2.99. The second-order valence-electron chi connectivity index (χ2n) is 9.54. The fourth-order valence-electron chi connectivity index (χ4n) is 5.88. The normalized spacial score (nSPS) is 24.8. The molecule has 3 aliphatic rings. The first-order valence-corrected chi connectivity index (χ1v) is 12.7. The zero-order chi connectivity index (χ0) is 23.6. The molecule has 0 radical (unpaired) electrons. The highest BCUT2D eigenvalue weighted by Gasteiger charge is 2.62. The molecule has 1 saturated heterocycles. The van der Waals surface area contributed by atoms with Gasteiger partial charge < -0.3 is 0 Å². The molecule has 1 aliphatic heterocycles. The summed E-state index contributed by atoms with van der Waals surface area (Å²) in [7, 11) is 0. The van der Waals surface area contributed by atoms with Crippen LogP contribution in [0.2, 0.25) is 0 Å². The molecule has 4 heteroatoms. The Kier molecular flexibility index (Phi) is 5.10. The summed E-state index contributed by atoms with van der Waals surface area (Å²) in [6, 6.07) is 24.8. The second kappa shape index (κ2) is 8.05. The molecule has 4 atom stereocenters. The number of carbonyl (C=O) groups is 2. The molecule has 0 spiro atoms. The van der Waals surface area contributed by atoms with Gasteiger partial charge in [0.15, 0.2) is 0 Å². The smallest absolute Gasteiger partial charge is 0.238 e. The third-order valence-corrected chi connectivity index (χ3v) is 8.19. The molecule has 3 aromatic carbocycles. The minimum absolute atomic E-state index is 0.0575. The summed E-state index contributed by atoms with van der Waals surface area (Å²) < 4.78 is 1.08. The van der Waals surface area contributed by atoms with E-state index < -0.39 is 0 Å². The Morgan fingerprint density at radius 3 is 1.56 bits per heavy atom. The Morgan fingerprint density at radius 2 is 1.12 bits per heavy atom. The van der Waals surface area contributed by atoms with Gasteiger partial charge in [-0.15, -0.1) is 0 Å². The Bertz CT molecular complexity index is 1290. The second-order valence-corrected chi connectivity index (χ2v) is 10.8. The number of fused-ring (bicyclic) bond motifs is 5. The first-order valence-electron chi connectivity index (χ1n) is 11.6. The van der Waals surface area contributed by atoms with E-state index in [1.165, 1.54) is 21.6 Å². The molecule has 2 aliphatic carbocycles. The fraction of sp³-hybridized carbons (Fsp3) is 0.200. The summed E-state index contributed by atoms with van der Waals surface area (Å²) in [6.07, 6.45) is 4.32. The molecule has 1 heterocycles. The molecule has 168 valence electrons. The molecule has 0 unspecified atom stereocenters. The number of hydrogen-bond acceptors (Lipinski definition) is 2. The number of hydrogen-bond donors (Lipinski definition) is 0. The van der Waals surface area contributed by atoms with Crippen molar-refractivity contribution in [1.29, 1.82) is 0 Å². The maximum absolute atomic E-state index is 13.6. The van der Waals surface area contributed by atoms with Gasteiger partial charge in [0.2, 0.25) is 11.8 Å². The van der Waals surface area contributed by atoms with E-state index in [2.05, 4.69) is 97.1 Å². The predicted molar refractivity (Wildman–Crippen MR) is 143 cm³/mol. The van der Waals surface area contributed by atoms with E-state index >= 15 is 0 Å². The number of nitrogens with zero attached hydrogens (tertiary/aromatic N) is 1. The standard InChI is InChI=1S/C30H24INO2/c1-17-3-7-19(8-4-17)25(20-9-5-18(2)6-10-20)26-23-15-16-24(26)28-27(23)29(33)32(30(28)34)22-13-11-21(31)12-14-22/h3-16,23-24,27-28H,1-2H3/t23-,24-,27-,28+/m1/s1. The van der Waals surface area contributed by atoms with Gasteiger partial charge in [0.05, 0.1) is 17.5 Å². The van der Waals surface area contributed by atoms with Crippen LogP contribution >= 0.6 is 22.6 Å². The van der Waals surface area contributed by atoms with Gasteiger partial charge in [-0.05, 0) is 83.0 Å². The van der Waals surface area contributed by atoms with Crippen LogP contribution in [0.25, 0.3) is 5.57 Å². The van der Waals surface area contributed by atoms with Crippen molar-refractivity contribution in [1.82, 2.24) is 0 Å². The number of aryl methyl sites for hydroxylation is 2. The Labute approximate surface area is 213 Å². The summed E-state index contributed by atoms with van der Waals surface area (Å²) in [4.78, 5) is 28.7. The van der Waals surface area contributed by atoms with Crippen LogP contribution in [0, 0.1) is 41.1 Å². The van der Waals surface area contributed by atoms with Crippen molar-refractivity contribution in [2.75, 3.05) is 4.90 Å². The van der Waals surface area contributed by atoms with Crippen LogP contribution in [0.4, 0.5) is 5.69 Å². The number of rotatable bonds is 3.